The quantitative estimate of drug-likeness (QED) is 0.846. The highest BCUT2D eigenvalue weighted by atomic mass is 16.6. The number of fused-ring (bicyclic) bond motifs is 4. The van der Waals surface area contributed by atoms with Crippen LogP contribution in [0.25, 0.3) is 0 Å². The van der Waals surface area contributed by atoms with E-state index in [1.165, 1.54) is 12.1 Å². The van der Waals surface area contributed by atoms with E-state index in [2.05, 4.69) is 42.1 Å². The third-order valence-electron chi connectivity index (χ3n) is 6.28. The minimum atomic E-state index is 0.211. The second kappa shape index (κ2) is 6.76. The highest BCUT2D eigenvalue weighted by molar-refractivity contribution is 5.41. The Morgan fingerprint density at radius 3 is 2.81 bits per heavy atom. The lowest BCUT2D eigenvalue weighted by molar-refractivity contribution is 0.239. The molecule has 27 heavy (non-hydrogen) atoms. The van der Waals surface area contributed by atoms with Crippen LogP contribution in [0.4, 0.5) is 5.82 Å². The fourth-order valence-electron chi connectivity index (χ4n) is 4.83. The second-order valence-corrected chi connectivity index (χ2v) is 8.09. The molecule has 8 nitrogen and oxygen atoms in total. The summed E-state index contributed by atoms with van der Waals surface area (Å²) in [5, 5.41) is 11.4. The topological polar surface area (TPSA) is 79.4 Å². The molecule has 1 N–H and O–H groups in total. The maximum Gasteiger partial charge on any atom is 0.255 e. The summed E-state index contributed by atoms with van der Waals surface area (Å²) in [5.41, 5.74) is 3.17. The monoisotopic (exact) mass is 370 g/mol. The van der Waals surface area contributed by atoms with E-state index in [0.29, 0.717) is 11.8 Å². The van der Waals surface area contributed by atoms with E-state index in [4.69, 9.17) is 4.63 Å². The zero-order valence-electron chi connectivity index (χ0n) is 15.7. The van der Waals surface area contributed by atoms with Crippen molar-refractivity contribution in [2.24, 2.45) is 5.92 Å². The minimum absolute atomic E-state index is 0.211. The van der Waals surface area contributed by atoms with Crippen LogP contribution in [0.5, 0.6) is 0 Å². The summed E-state index contributed by atoms with van der Waals surface area (Å²) in [4.78, 5) is 17.6. The van der Waals surface area contributed by atoms with Gasteiger partial charge in [0.25, 0.3) is 5.56 Å². The van der Waals surface area contributed by atoms with Crippen molar-refractivity contribution in [2.75, 3.05) is 44.2 Å². The van der Waals surface area contributed by atoms with Crippen LogP contribution >= 0.6 is 0 Å². The van der Waals surface area contributed by atoms with Gasteiger partial charge in [0, 0.05) is 63.0 Å². The average Bonchev–Trinajstić information content (AvgIpc) is 3.11. The molecule has 3 aliphatic rings. The first-order valence-electron chi connectivity index (χ1n) is 9.89. The number of hydrogen-bond acceptors (Lipinski definition) is 7. The van der Waals surface area contributed by atoms with Crippen molar-refractivity contribution in [2.45, 2.75) is 32.4 Å². The average molecular weight is 370 g/mol. The Labute approximate surface area is 158 Å². The van der Waals surface area contributed by atoms with Crippen LogP contribution in [0.15, 0.2) is 21.6 Å². The first kappa shape index (κ1) is 16.9. The third kappa shape index (κ3) is 3.06. The van der Waals surface area contributed by atoms with Crippen molar-refractivity contribution in [1.29, 1.82) is 0 Å². The lowest BCUT2D eigenvalue weighted by Gasteiger charge is -2.38. The molecule has 8 heteroatoms. The molecule has 0 spiro atoms. The van der Waals surface area contributed by atoms with Crippen LogP contribution in [-0.2, 0) is 13.1 Å². The number of aromatic nitrogens is 3. The Morgan fingerprint density at radius 1 is 1.19 bits per heavy atom. The minimum Gasteiger partial charge on any atom is -0.350 e. The number of rotatable bonds is 3. The summed E-state index contributed by atoms with van der Waals surface area (Å²) in [7, 11) is 0. The first-order chi connectivity index (χ1) is 13.2. The molecule has 2 aromatic rings. The normalized spacial score (nSPS) is 25.4. The van der Waals surface area contributed by atoms with Crippen molar-refractivity contribution < 1.29 is 4.63 Å². The van der Waals surface area contributed by atoms with E-state index in [-0.39, 0.29) is 5.56 Å². The summed E-state index contributed by atoms with van der Waals surface area (Å²) in [6, 6.07) is 4.24. The molecule has 2 atom stereocenters. The number of nitrogens with one attached hydrogen (secondary N) is 1. The van der Waals surface area contributed by atoms with Crippen molar-refractivity contribution in [3.8, 4) is 0 Å². The summed E-state index contributed by atoms with van der Waals surface area (Å²) in [5.74, 6) is 1.91. The Balaban J connectivity index is 1.29. The van der Waals surface area contributed by atoms with Gasteiger partial charge in [-0.15, -0.1) is 0 Å². The predicted octanol–water partition coefficient (Wildman–Crippen LogP) is 0.569. The molecule has 2 saturated heterocycles. The standard InChI is InChI=1S/C19H26N6O2/c1-13-18(22-27-21-13)24-6-4-23(5-7-24)12-15-2-3-17-16-8-14(9-20-10-16)11-25(17)19(15)26/h2-3,14,16,20H,4-12H2,1H3/t14-,16+/m0/s1. The van der Waals surface area contributed by atoms with Crippen LogP contribution in [0.3, 0.4) is 0 Å². The zero-order valence-corrected chi connectivity index (χ0v) is 15.7. The smallest absolute Gasteiger partial charge is 0.255 e. The van der Waals surface area contributed by atoms with Crippen LogP contribution in [0.1, 0.15) is 29.3 Å². The van der Waals surface area contributed by atoms with Crippen molar-refractivity contribution in [1.82, 2.24) is 25.1 Å². The largest absolute Gasteiger partial charge is 0.350 e. The van der Waals surface area contributed by atoms with E-state index in [1.54, 1.807) is 0 Å². The Kier molecular flexibility index (Phi) is 4.24. The lowest BCUT2D eigenvalue weighted by atomic mass is 9.84. The molecular formula is C19H26N6O2. The molecule has 0 amide bonds. The Bertz CT molecular complexity index is 883. The van der Waals surface area contributed by atoms with Crippen molar-refractivity contribution in [3.63, 3.8) is 0 Å². The van der Waals surface area contributed by atoms with Gasteiger partial charge in [0.15, 0.2) is 5.82 Å². The van der Waals surface area contributed by atoms with Crippen molar-refractivity contribution >= 4 is 5.82 Å². The van der Waals surface area contributed by atoms with Gasteiger partial charge in [0.05, 0.1) is 0 Å². The molecule has 0 radical (unpaired) electrons. The Hall–Kier alpha value is -2.19. The van der Waals surface area contributed by atoms with Gasteiger partial charge in [-0.05, 0) is 37.0 Å². The van der Waals surface area contributed by atoms with E-state index in [9.17, 15) is 4.79 Å². The van der Waals surface area contributed by atoms with E-state index < -0.39 is 0 Å². The molecule has 5 heterocycles. The number of piperidine rings is 1. The zero-order chi connectivity index (χ0) is 18.4. The second-order valence-electron chi connectivity index (χ2n) is 8.09. The molecule has 144 valence electrons. The summed E-state index contributed by atoms with van der Waals surface area (Å²) >= 11 is 0. The number of anilines is 1. The molecule has 2 bridgehead atoms. The molecule has 2 fully saturated rings. The van der Waals surface area contributed by atoms with Gasteiger partial charge in [0.2, 0.25) is 0 Å². The summed E-state index contributed by atoms with van der Waals surface area (Å²) in [6.45, 7) is 9.07. The van der Waals surface area contributed by atoms with E-state index >= 15 is 0 Å². The molecule has 0 saturated carbocycles. The fraction of sp³-hybridized carbons (Fsp3) is 0.632. The highest BCUT2D eigenvalue weighted by Gasteiger charge is 2.31. The van der Waals surface area contributed by atoms with Gasteiger partial charge in [-0.3, -0.25) is 9.69 Å². The van der Waals surface area contributed by atoms with E-state index in [1.807, 2.05) is 6.92 Å². The van der Waals surface area contributed by atoms with E-state index in [0.717, 1.165) is 69.4 Å². The van der Waals surface area contributed by atoms with Gasteiger partial charge < -0.3 is 14.8 Å². The number of pyridine rings is 1. The molecule has 0 aliphatic carbocycles. The molecule has 0 aromatic carbocycles. The summed E-state index contributed by atoms with van der Waals surface area (Å²) in [6.07, 6.45) is 1.21. The molecular weight excluding hydrogens is 344 g/mol. The molecule has 5 rings (SSSR count). The number of nitrogens with zero attached hydrogens (tertiary/aromatic N) is 5. The summed E-state index contributed by atoms with van der Waals surface area (Å²) < 4.78 is 6.87. The molecule has 2 aromatic heterocycles. The number of piperazine rings is 1. The van der Waals surface area contributed by atoms with Gasteiger partial charge in [-0.25, -0.2) is 4.63 Å². The molecule has 0 unspecified atom stereocenters. The highest BCUT2D eigenvalue weighted by Crippen LogP contribution is 2.31. The number of hydrogen-bond donors (Lipinski definition) is 1. The van der Waals surface area contributed by atoms with Crippen molar-refractivity contribution in [3.05, 3.63) is 39.4 Å². The van der Waals surface area contributed by atoms with Crippen LogP contribution in [-0.4, -0.2) is 59.0 Å². The van der Waals surface area contributed by atoms with Gasteiger partial charge >= 0.3 is 0 Å². The predicted molar refractivity (Wildman–Crippen MR) is 101 cm³/mol. The van der Waals surface area contributed by atoms with Gasteiger partial charge in [0.1, 0.15) is 5.69 Å². The third-order valence-corrected chi connectivity index (χ3v) is 6.28. The first-order valence-corrected chi connectivity index (χ1v) is 9.89. The van der Waals surface area contributed by atoms with Gasteiger partial charge in [-0.2, -0.15) is 0 Å². The SMILES string of the molecule is Cc1nonc1N1CCN(Cc2ccc3n(c2=O)C[C@@H]2CNC[C@H]3C2)CC1. The Morgan fingerprint density at radius 2 is 2.04 bits per heavy atom. The maximum absolute atomic E-state index is 13.1. The van der Waals surface area contributed by atoms with Gasteiger partial charge in [-0.1, -0.05) is 11.2 Å². The molecule has 3 aliphatic heterocycles. The number of aryl methyl sites for hydroxylation is 1. The lowest BCUT2D eigenvalue weighted by Crippen LogP contribution is -2.48. The van der Waals surface area contributed by atoms with Crippen LogP contribution in [0, 0.1) is 12.8 Å². The maximum atomic E-state index is 13.1. The fourth-order valence-corrected chi connectivity index (χ4v) is 4.83. The van der Waals surface area contributed by atoms with Crippen LogP contribution < -0.4 is 15.8 Å². The van der Waals surface area contributed by atoms with Crippen LogP contribution in [0.2, 0.25) is 0 Å².